The van der Waals surface area contributed by atoms with E-state index < -0.39 is 6.04 Å². The smallest absolute Gasteiger partial charge is 0.247 e. The molecule has 34 heavy (non-hydrogen) atoms. The molecule has 0 aliphatic carbocycles. The van der Waals surface area contributed by atoms with E-state index in [1.807, 2.05) is 48.5 Å². The Bertz CT molecular complexity index is 1100. The predicted molar refractivity (Wildman–Crippen MR) is 128 cm³/mol. The topological polar surface area (TPSA) is 67.9 Å². The van der Waals surface area contributed by atoms with Crippen molar-refractivity contribution in [3.05, 3.63) is 95.3 Å². The largest absolute Gasteiger partial charge is 0.493 e. The normalized spacial score (nSPS) is 11.4. The Labute approximate surface area is 199 Å². The Hall–Kier alpha value is -3.87. The third kappa shape index (κ3) is 6.34. The summed E-state index contributed by atoms with van der Waals surface area (Å²) >= 11 is 0. The summed E-state index contributed by atoms with van der Waals surface area (Å²) in [6.45, 7) is 1.98. The third-order valence-corrected chi connectivity index (χ3v) is 5.51. The standard InChI is InChI=1S/C27H29FN2O4/c1-19(31)30(18-21-9-12-23(28)13-10-21)26(22-7-5-4-6-8-22)27(32)29-16-15-20-11-14-24(33-2)25(17-20)34-3/h4-14,17,26H,15-16,18H2,1-3H3,(H,29,32). The molecule has 7 heteroatoms. The van der Waals surface area contributed by atoms with Gasteiger partial charge in [0.25, 0.3) is 0 Å². The van der Waals surface area contributed by atoms with Crippen LogP contribution < -0.4 is 14.8 Å². The molecule has 2 amide bonds. The van der Waals surface area contributed by atoms with Gasteiger partial charge in [0.15, 0.2) is 11.5 Å². The van der Waals surface area contributed by atoms with Crippen molar-refractivity contribution < 1.29 is 23.5 Å². The summed E-state index contributed by atoms with van der Waals surface area (Å²) in [4.78, 5) is 27.4. The summed E-state index contributed by atoms with van der Waals surface area (Å²) in [5, 5.41) is 2.96. The molecule has 0 aliphatic heterocycles. The molecule has 0 spiro atoms. The fraction of sp³-hybridized carbons (Fsp3) is 0.259. The first-order valence-corrected chi connectivity index (χ1v) is 11.0. The summed E-state index contributed by atoms with van der Waals surface area (Å²) < 4.78 is 24.0. The van der Waals surface area contributed by atoms with Gasteiger partial charge in [-0.2, -0.15) is 0 Å². The molecule has 3 rings (SSSR count). The van der Waals surface area contributed by atoms with Crippen LogP contribution in [0.1, 0.15) is 29.7 Å². The van der Waals surface area contributed by atoms with Crippen molar-refractivity contribution in [2.24, 2.45) is 0 Å². The Morgan fingerprint density at radius 1 is 0.912 bits per heavy atom. The fourth-order valence-electron chi connectivity index (χ4n) is 3.74. The zero-order valence-corrected chi connectivity index (χ0v) is 19.6. The summed E-state index contributed by atoms with van der Waals surface area (Å²) in [7, 11) is 3.15. The molecule has 0 fully saturated rings. The molecule has 6 nitrogen and oxygen atoms in total. The van der Waals surface area contributed by atoms with Crippen molar-refractivity contribution >= 4 is 11.8 Å². The van der Waals surface area contributed by atoms with Crippen molar-refractivity contribution in [3.63, 3.8) is 0 Å². The monoisotopic (exact) mass is 464 g/mol. The van der Waals surface area contributed by atoms with Crippen LogP contribution in [0.2, 0.25) is 0 Å². The van der Waals surface area contributed by atoms with Crippen LogP contribution >= 0.6 is 0 Å². The molecular weight excluding hydrogens is 435 g/mol. The second-order valence-electron chi connectivity index (χ2n) is 7.82. The molecule has 0 aromatic heterocycles. The predicted octanol–water partition coefficient (Wildman–Crippen LogP) is 4.29. The average Bonchev–Trinajstić information content (AvgIpc) is 2.85. The van der Waals surface area contributed by atoms with Gasteiger partial charge in [-0.3, -0.25) is 9.59 Å². The molecule has 0 saturated heterocycles. The van der Waals surface area contributed by atoms with Crippen LogP contribution in [-0.2, 0) is 22.6 Å². The number of ether oxygens (including phenoxy) is 2. The molecular formula is C27H29FN2O4. The van der Waals surface area contributed by atoms with Crippen molar-refractivity contribution in [1.82, 2.24) is 10.2 Å². The fourth-order valence-corrected chi connectivity index (χ4v) is 3.74. The van der Waals surface area contributed by atoms with Crippen LogP contribution in [0, 0.1) is 5.82 Å². The van der Waals surface area contributed by atoms with Gasteiger partial charge in [-0.15, -0.1) is 0 Å². The molecule has 0 bridgehead atoms. The van der Waals surface area contributed by atoms with Gasteiger partial charge >= 0.3 is 0 Å². The van der Waals surface area contributed by atoms with Crippen molar-refractivity contribution in [2.45, 2.75) is 25.9 Å². The lowest BCUT2D eigenvalue weighted by atomic mass is 10.0. The van der Waals surface area contributed by atoms with Crippen molar-refractivity contribution in [1.29, 1.82) is 0 Å². The van der Waals surface area contributed by atoms with Crippen LogP contribution in [0.3, 0.4) is 0 Å². The summed E-state index contributed by atoms with van der Waals surface area (Å²) in [5.41, 5.74) is 2.41. The second kappa shape index (κ2) is 11.8. The number of methoxy groups -OCH3 is 2. The number of benzene rings is 3. The Balaban J connectivity index is 1.77. The van der Waals surface area contributed by atoms with Crippen LogP contribution in [0.25, 0.3) is 0 Å². The summed E-state index contributed by atoms with van der Waals surface area (Å²) in [5.74, 6) is 0.357. The van der Waals surface area contributed by atoms with E-state index in [0.29, 0.717) is 30.0 Å². The number of hydrogen-bond donors (Lipinski definition) is 1. The van der Waals surface area contributed by atoms with E-state index in [1.54, 1.807) is 26.4 Å². The highest BCUT2D eigenvalue weighted by molar-refractivity contribution is 5.88. The van der Waals surface area contributed by atoms with Gasteiger partial charge in [-0.25, -0.2) is 4.39 Å². The van der Waals surface area contributed by atoms with Crippen LogP contribution in [0.4, 0.5) is 4.39 Å². The van der Waals surface area contributed by atoms with Crippen molar-refractivity contribution in [3.8, 4) is 11.5 Å². The van der Waals surface area contributed by atoms with E-state index in [2.05, 4.69) is 5.32 Å². The van der Waals surface area contributed by atoms with E-state index in [-0.39, 0.29) is 24.2 Å². The van der Waals surface area contributed by atoms with Gasteiger partial charge in [0.05, 0.1) is 14.2 Å². The molecule has 1 N–H and O–H groups in total. The SMILES string of the molecule is COc1ccc(CCNC(=O)C(c2ccccc2)N(Cc2ccc(F)cc2)C(C)=O)cc1OC. The third-order valence-electron chi connectivity index (χ3n) is 5.51. The van der Waals surface area contributed by atoms with Crippen LogP contribution in [-0.4, -0.2) is 37.5 Å². The first-order chi connectivity index (χ1) is 16.4. The Kier molecular flexibility index (Phi) is 8.62. The number of nitrogens with one attached hydrogen (secondary N) is 1. The number of nitrogens with zero attached hydrogens (tertiary/aromatic N) is 1. The lowest BCUT2D eigenvalue weighted by Crippen LogP contribution is -2.43. The molecule has 0 radical (unpaired) electrons. The van der Waals surface area contributed by atoms with Gasteiger partial charge in [0.2, 0.25) is 11.8 Å². The molecule has 0 heterocycles. The molecule has 178 valence electrons. The highest BCUT2D eigenvalue weighted by Gasteiger charge is 2.29. The van der Waals surface area contributed by atoms with Gasteiger partial charge in [0.1, 0.15) is 11.9 Å². The maximum Gasteiger partial charge on any atom is 0.247 e. The molecule has 3 aromatic carbocycles. The van der Waals surface area contributed by atoms with E-state index in [9.17, 15) is 14.0 Å². The van der Waals surface area contributed by atoms with Crippen molar-refractivity contribution in [2.75, 3.05) is 20.8 Å². The highest BCUT2D eigenvalue weighted by atomic mass is 19.1. The van der Waals surface area contributed by atoms with Gasteiger partial charge < -0.3 is 19.7 Å². The summed E-state index contributed by atoms with van der Waals surface area (Å²) in [6, 6.07) is 19.8. The zero-order chi connectivity index (χ0) is 24.5. The number of halogens is 1. The maximum absolute atomic E-state index is 13.3. The van der Waals surface area contributed by atoms with Gasteiger partial charge in [-0.05, 0) is 47.4 Å². The number of amides is 2. The minimum absolute atomic E-state index is 0.179. The number of rotatable bonds is 10. The number of hydrogen-bond acceptors (Lipinski definition) is 4. The number of carbonyl (C=O) groups is 2. The van der Waals surface area contributed by atoms with E-state index in [4.69, 9.17) is 9.47 Å². The van der Waals surface area contributed by atoms with Crippen LogP contribution in [0.5, 0.6) is 11.5 Å². The molecule has 0 aliphatic rings. The van der Waals surface area contributed by atoms with Crippen LogP contribution in [0.15, 0.2) is 72.8 Å². The Morgan fingerprint density at radius 2 is 1.56 bits per heavy atom. The molecule has 1 unspecified atom stereocenters. The molecule has 1 atom stereocenters. The molecule has 3 aromatic rings. The lowest BCUT2D eigenvalue weighted by molar-refractivity contribution is -0.140. The zero-order valence-electron chi connectivity index (χ0n) is 19.6. The lowest BCUT2D eigenvalue weighted by Gasteiger charge is -2.30. The minimum atomic E-state index is -0.825. The highest BCUT2D eigenvalue weighted by Crippen LogP contribution is 2.28. The molecule has 0 saturated carbocycles. The van der Waals surface area contributed by atoms with E-state index >= 15 is 0 Å². The quantitative estimate of drug-likeness (QED) is 0.486. The first kappa shape index (κ1) is 24.8. The average molecular weight is 465 g/mol. The Morgan fingerprint density at radius 3 is 2.18 bits per heavy atom. The number of carbonyl (C=O) groups excluding carboxylic acids is 2. The van der Waals surface area contributed by atoms with E-state index in [1.165, 1.54) is 24.0 Å². The summed E-state index contributed by atoms with van der Waals surface area (Å²) in [6.07, 6.45) is 0.575. The van der Waals surface area contributed by atoms with Gasteiger partial charge in [0, 0.05) is 20.0 Å². The minimum Gasteiger partial charge on any atom is -0.493 e. The second-order valence-corrected chi connectivity index (χ2v) is 7.82. The van der Waals surface area contributed by atoms with E-state index in [0.717, 1.165) is 11.1 Å². The first-order valence-electron chi connectivity index (χ1n) is 11.0. The maximum atomic E-state index is 13.3. The van der Waals surface area contributed by atoms with Gasteiger partial charge in [-0.1, -0.05) is 48.5 Å².